The van der Waals surface area contributed by atoms with E-state index in [1.54, 1.807) is 44.2 Å². The number of nitrogens with one attached hydrogen (secondary N) is 8. The number of carboxylic acids is 1. The first-order chi connectivity index (χ1) is 60.2. The van der Waals surface area contributed by atoms with Gasteiger partial charge in [0.2, 0.25) is 53.4 Å². The van der Waals surface area contributed by atoms with Gasteiger partial charge >= 0.3 is 5.97 Å². The molecule has 34 nitrogen and oxygen atoms in total. The number of halogens is 4. The average Bonchev–Trinajstić information content (AvgIpc) is 0.763. The third-order valence-electron chi connectivity index (χ3n) is 22.7. The quantitative estimate of drug-likeness (QED) is 0.0300. The average molecular weight is 1830 g/mol. The zero-order valence-corrected chi connectivity index (χ0v) is 72.5. The van der Waals surface area contributed by atoms with Crippen LogP contribution in [0.5, 0.6) is 51.7 Å². The highest BCUT2D eigenvalue weighted by Gasteiger charge is 2.54. The monoisotopic (exact) mass is 1830 g/mol. The minimum absolute atomic E-state index is 0.0673. The Morgan fingerprint density at radius 3 is 1.90 bits per heavy atom. The van der Waals surface area contributed by atoms with E-state index in [2.05, 4.69) is 42.5 Å². The standard InChI is InChI=1S/C89H96Cl4N10O24/c1-40(2)25-57(95-5)81(113)101-72-74(108)46-17-23-61(55(92)28-46)123-63-30-48-31-64(78(63)127-88-79(77(111)76(110)65(125-88)38-103(6,7)37-43-11-9-8-10-12-43)126-67-35-89(4,80(112)41(3)122-67)96-36-42-13-19-50(20-14-42)121-39-44-15-21-53(90)54(91)26-44)124-62-24-18-47(29-56(62)93)75(109)73-86(118)100-71(87(119)120)52-32-49(104)33-60(106)68(52)51-27-45(16-22-59(51)105)69(83(115)102-73)99-84(116)70(48)98-82(114)58(34-66(94)107)97-85(72)117/h8-24,26-33,40-41,57-58,65,67,69-77,79-80,88,95-96,108-112H,25,34-39H2,1-7H3,(H11-,94,97,98,99,100,101,102,104,105,106,107,113,114,115,116,117,118,119,120)/p+1/t41?,57-,58+,65?,67?,69-,70-,71+,72-,73+,74-,75-,76?,77?,79?,80?,88?,89?/m1/s1. The summed E-state index contributed by atoms with van der Waals surface area (Å²) in [7, 11) is 5.19. The predicted octanol–water partition coefficient (Wildman–Crippen LogP) is 7.11. The molecule has 19 N–H and O–H groups in total. The van der Waals surface area contributed by atoms with Crippen molar-refractivity contribution in [1.82, 2.24) is 42.5 Å². The van der Waals surface area contributed by atoms with Gasteiger partial charge in [-0.25, -0.2) is 4.79 Å². The second kappa shape index (κ2) is 39.2. The van der Waals surface area contributed by atoms with Gasteiger partial charge in [-0.1, -0.05) is 127 Å². The fourth-order valence-electron chi connectivity index (χ4n) is 16.1. The molecule has 7 heterocycles. The molecule has 0 aromatic heterocycles. The van der Waals surface area contributed by atoms with Crippen LogP contribution in [0.25, 0.3) is 11.1 Å². The number of aromatic hydroxyl groups is 3. The van der Waals surface area contributed by atoms with Crippen LogP contribution in [0.1, 0.15) is 122 Å². The summed E-state index contributed by atoms with van der Waals surface area (Å²) in [6.07, 6.45) is -18.1. The number of hydrogen-bond acceptors (Lipinski definition) is 25. The summed E-state index contributed by atoms with van der Waals surface area (Å²) in [5, 5.41) is 129. The van der Waals surface area contributed by atoms with Crippen molar-refractivity contribution in [3.8, 4) is 62.9 Å². The van der Waals surface area contributed by atoms with Crippen molar-refractivity contribution in [3.63, 3.8) is 0 Å². The normalized spacial score (nSPS) is 25.9. The Hall–Kier alpha value is -11.2. The Kier molecular flexibility index (Phi) is 28.9. The number of aliphatic hydroxyl groups is 5. The highest BCUT2D eigenvalue weighted by atomic mass is 35.5. The number of carbonyl (C=O) groups is 8. The molecule has 674 valence electrons. The molecule has 8 aromatic carbocycles. The number of ether oxygens (including phenoxy) is 7. The van der Waals surface area contributed by atoms with Gasteiger partial charge in [0.15, 0.2) is 29.9 Å². The van der Waals surface area contributed by atoms with E-state index in [1.807, 2.05) is 70.4 Å². The van der Waals surface area contributed by atoms with Crippen molar-refractivity contribution in [2.75, 3.05) is 27.7 Å². The van der Waals surface area contributed by atoms with Crippen LogP contribution in [0.2, 0.25) is 20.1 Å². The number of fused-ring (bicyclic) bond motifs is 15. The zero-order chi connectivity index (χ0) is 91.5. The maximum absolute atomic E-state index is 16.4. The van der Waals surface area contributed by atoms with E-state index >= 15 is 24.0 Å². The highest BCUT2D eigenvalue weighted by molar-refractivity contribution is 6.42. The summed E-state index contributed by atoms with van der Waals surface area (Å²) in [5.41, 5.74) is 4.22. The number of aliphatic carboxylic acids is 1. The number of primary amides is 1. The summed E-state index contributed by atoms with van der Waals surface area (Å²) in [6.45, 7) is 7.63. The van der Waals surface area contributed by atoms with Crippen LogP contribution in [0, 0.1) is 5.92 Å². The number of carbonyl (C=O) groups excluding carboxylic acids is 7. The first-order valence-electron chi connectivity index (χ1n) is 40.5. The number of nitrogens with two attached hydrogens (primary N) is 1. The Morgan fingerprint density at radius 1 is 0.638 bits per heavy atom. The van der Waals surface area contributed by atoms with Gasteiger partial charge in [0.1, 0.15) is 115 Å². The largest absolute Gasteiger partial charge is 0.508 e. The van der Waals surface area contributed by atoms with E-state index in [0.29, 0.717) is 22.3 Å². The number of phenols is 3. The minimum Gasteiger partial charge on any atom is -0.508 e. The van der Waals surface area contributed by atoms with Crippen LogP contribution in [0.4, 0.5) is 0 Å². The van der Waals surface area contributed by atoms with Crippen LogP contribution in [0.3, 0.4) is 0 Å². The second-order valence-corrected chi connectivity index (χ2v) is 34.9. The third kappa shape index (κ3) is 21.5. The molecule has 7 aliphatic heterocycles. The number of hydrogen-bond donors (Lipinski definition) is 18. The van der Waals surface area contributed by atoms with Gasteiger partial charge in [0.25, 0.3) is 0 Å². The van der Waals surface area contributed by atoms with E-state index in [1.165, 1.54) is 37.4 Å². The molecule has 2 saturated heterocycles. The molecule has 7 amide bonds. The molecule has 9 unspecified atom stereocenters. The minimum atomic E-state index is -2.36. The Bertz CT molecular complexity index is 5490. The van der Waals surface area contributed by atoms with Crippen molar-refractivity contribution in [3.05, 3.63) is 216 Å². The van der Waals surface area contributed by atoms with Crippen molar-refractivity contribution in [1.29, 1.82) is 0 Å². The number of likely N-dealkylation sites (N-methyl/N-ethyl adjacent to an activating group) is 2. The molecule has 0 saturated carbocycles. The van der Waals surface area contributed by atoms with E-state index in [-0.39, 0.29) is 76.2 Å². The number of quaternary nitrogens is 1. The van der Waals surface area contributed by atoms with Crippen LogP contribution in [-0.4, -0.2) is 204 Å². The lowest BCUT2D eigenvalue weighted by Crippen LogP contribution is -2.66. The molecule has 127 heavy (non-hydrogen) atoms. The number of nitrogens with zero attached hydrogens (tertiary/aromatic N) is 1. The number of rotatable bonds is 22. The number of aliphatic hydroxyl groups excluding tert-OH is 5. The summed E-state index contributed by atoms with van der Waals surface area (Å²) < 4.78 is 47.3. The third-order valence-corrected chi connectivity index (χ3v) is 24.0. The van der Waals surface area contributed by atoms with E-state index in [0.717, 1.165) is 65.2 Å². The predicted molar refractivity (Wildman–Crippen MR) is 459 cm³/mol. The van der Waals surface area contributed by atoms with Gasteiger partial charge in [0, 0.05) is 46.8 Å². The lowest BCUT2D eigenvalue weighted by molar-refractivity contribution is -0.907. The number of amides is 7. The molecule has 7 aliphatic rings. The smallest absolute Gasteiger partial charge is 0.330 e. The van der Waals surface area contributed by atoms with Crippen LogP contribution >= 0.6 is 46.4 Å². The number of carboxylic acid groups (broad SMARTS) is 1. The molecule has 38 heteroatoms. The molecule has 0 radical (unpaired) electrons. The molecule has 0 aliphatic carbocycles. The molecule has 11 bridgehead atoms. The van der Waals surface area contributed by atoms with Crippen LogP contribution in [-0.2, 0) is 72.3 Å². The van der Waals surface area contributed by atoms with Crippen molar-refractivity contribution < 1.29 is 122 Å². The number of benzene rings is 8. The molecular weight excluding hydrogens is 1730 g/mol. The van der Waals surface area contributed by atoms with Crippen molar-refractivity contribution in [2.24, 2.45) is 11.7 Å². The molecular formula is C89H97Cl4N10O24+. The summed E-state index contributed by atoms with van der Waals surface area (Å²) in [5.74, 6) is -15.2. The van der Waals surface area contributed by atoms with E-state index in [4.69, 9.17) is 85.3 Å². The molecule has 2 fully saturated rings. The first-order valence-corrected chi connectivity index (χ1v) is 42.1. The number of phenolic OH excluding ortho intramolecular Hbond substituents is 3. The second-order valence-electron chi connectivity index (χ2n) is 33.2. The maximum atomic E-state index is 16.4. The Morgan fingerprint density at radius 2 is 1.27 bits per heavy atom. The van der Waals surface area contributed by atoms with Gasteiger partial charge in [-0.3, -0.25) is 33.6 Å². The van der Waals surface area contributed by atoms with Gasteiger partial charge in [-0.2, -0.15) is 0 Å². The molecule has 15 rings (SSSR count). The zero-order valence-electron chi connectivity index (χ0n) is 69.5. The summed E-state index contributed by atoms with van der Waals surface area (Å²) in [4.78, 5) is 119. The summed E-state index contributed by atoms with van der Waals surface area (Å²) >= 11 is 27.0. The van der Waals surface area contributed by atoms with E-state index < -0.39 is 225 Å². The first kappa shape index (κ1) is 93.5. The van der Waals surface area contributed by atoms with Gasteiger partial charge < -0.3 is 132 Å². The van der Waals surface area contributed by atoms with E-state index in [9.17, 15) is 60.3 Å². The lowest BCUT2D eigenvalue weighted by Gasteiger charge is -2.49. The fraction of sp³-hybridized carbons (Fsp3) is 0.371. The molecule has 18 atom stereocenters. The van der Waals surface area contributed by atoms with Crippen molar-refractivity contribution in [2.45, 2.75) is 176 Å². The Balaban J connectivity index is 0.988. The Labute approximate surface area is 748 Å². The van der Waals surface area contributed by atoms with Crippen molar-refractivity contribution >= 4 is 93.7 Å². The lowest BCUT2D eigenvalue weighted by atomic mass is 9.84. The highest BCUT2D eigenvalue weighted by Crippen LogP contribution is 2.50. The van der Waals surface area contributed by atoms with Gasteiger partial charge in [-0.05, 0) is 145 Å². The summed E-state index contributed by atoms with van der Waals surface area (Å²) in [6, 6.07) is 21.4. The van der Waals surface area contributed by atoms with Crippen LogP contribution < -0.4 is 67.2 Å². The SMILES string of the molecule is CN[C@H](CC(C)C)C(=O)N[C@H]1C(=O)N[C@@H](CC(N)=O)C(=O)N[C@H]2C(=O)N[C@H]3C(=O)N[C@H](C(=O)N[C@H](C(=O)O)c4cc(O)cc(O)c4-c4cc3ccc4O)[C@H](O)c3ccc(c(Cl)c3)Oc3cc2cc(c3OC2OC(C[N+](C)(C)Cc3ccccc3)C(O)C(O)C2OC2CC(C)(NCc3ccc(OCc4ccc(Cl)c(Cl)c4)cc3)C(O)C(C)O2)Oc2ccc(cc2Cl)[C@H]1O. The van der Waals surface area contributed by atoms with Gasteiger partial charge in [-0.15, -0.1) is 0 Å². The molecule has 8 aromatic rings. The molecule has 0 spiro atoms. The van der Waals surface area contributed by atoms with Crippen LogP contribution in [0.15, 0.2) is 152 Å². The topological polar surface area (TPSA) is 506 Å². The fourth-order valence-corrected chi connectivity index (χ4v) is 16.8. The van der Waals surface area contributed by atoms with Gasteiger partial charge in [0.05, 0.1) is 58.9 Å². The maximum Gasteiger partial charge on any atom is 0.330 e.